The minimum atomic E-state index is 0.0548. The third-order valence-corrected chi connectivity index (χ3v) is 5.43. The van der Waals surface area contributed by atoms with Gasteiger partial charge in [-0.1, -0.05) is 12.1 Å². The second kappa shape index (κ2) is 6.67. The summed E-state index contributed by atoms with van der Waals surface area (Å²) in [5, 5.41) is 6.34. The van der Waals surface area contributed by atoms with Gasteiger partial charge in [0.1, 0.15) is 0 Å². The van der Waals surface area contributed by atoms with Crippen LogP contribution in [0, 0.1) is 0 Å². The number of aromatic nitrogens is 2. The van der Waals surface area contributed by atoms with Crippen molar-refractivity contribution in [1.29, 1.82) is 0 Å². The summed E-state index contributed by atoms with van der Waals surface area (Å²) >= 11 is 7.40. The van der Waals surface area contributed by atoms with Gasteiger partial charge in [0.25, 0.3) is 0 Å². The number of nitrogens with one attached hydrogen (secondary N) is 1. The Morgan fingerprint density at radius 2 is 1.96 bits per heavy atom. The van der Waals surface area contributed by atoms with E-state index in [0.29, 0.717) is 0 Å². The molecule has 0 aliphatic carbocycles. The zero-order valence-corrected chi connectivity index (χ0v) is 14.5. The lowest BCUT2D eigenvalue weighted by Crippen LogP contribution is -2.28. The monoisotopic (exact) mass is 352 g/mol. The van der Waals surface area contributed by atoms with Gasteiger partial charge >= 0.3 is 0 Å². The van der Waals surface area contributed by atoms with Crippen LogP contribution in [0.5, 0.6) is 0 Å². The van der Waals surface area contributed by atoms with Crippen LogP contribution in [0.15, 0.2) is 66.4 Å². The van der Waals surface area contributed by atoms with Crippen LogP contribution in [0.2, 0.25) is 0 Å². The Bertz CT molecular complexity index is 806. The first kappa shape index (κ1) is 15.2. The average molecular weight is 352 g/mol. The molecule has 24 heavy (non-hydrogen) atoms. The Labute approximate surface area is 150 Å². The van der Waals surface area contributed by atoms with E-state index in [1.165, 1.54) is 10.4 Å². The number of thiophene rings is 1. The van der Waals surface area contributed by atoms with E-state index in [2.05, 4.69) is 43.8 Å². The van der Waals surface area contributed by atoms with Gasteiger partial charge < -0.3 is 10.2 Å². The standard InChI is InChI=1S/C18H16N4S2/c23-18-21-16(14-4-1-2-8-20-14)17(15-5-3-11-24-15)22(18)12-13-6-9-19-10-7-13/h1-11,16-17H,12H2,(H,21,23)/t16-,17-/m0/s1. The van der Waals surface area contributed by atoms with Gasteiger partial charge in [0.05, 0.1) is 17.8 Å². The molecule has 1 fully saturated rings. The van der Waals surface area contributed by atoms with Crippen LogP contribution in [-0.2, 0) is 6.54 Å². The Kier molecular flexibility index (Phi) is 4.23. The summed E-state index contributed by atoms with van der Waals surface area (Å²) in [4.78, 5) is 12.2. The molecule has 4 heterocycles. The molecule has 0 saturated carbocycles. The molecule has 3 aromatic heterocycles. The van der Waals surface area contributed by atoms with Crippen LogP contribution in [0.3, 0.4) is 0 Å². The van der Waals surface area contributed by atoms with Crippen molar-refractivity contribution in [2.45, 2.75) is 18.6 Å². The van der Waals surface area contributed by atoms with Gasteiger partial charge in [0.2, 0.25) is 0 Å². The molecule has 0 amide bonds. The van der Waals surface area contributed by atoms with Crippen molar-refractivity contribution in [2.75, 3.05) is 0 Å². The molecule has 0 bridgehead atoms. The maximum Gasteiger partial charge on any atom is 0.170 e. The van der Waals surface area contributed by atoms with E-state index in [1.807, 2.05) is 42.9 Å². The average Bonchev–Trinajstić information content (AvgIpc) is 3.25. The third-order valence-electron chi connectivity index (χ3n) is 4.13. The molecule has 1 N–H and O–H groups in total. The highest BCUT2D eigenvalue weighted by Gasteiger charge is 2.40. The summed E-state index contributed by atoms with van der Waals surface area (Å²) in [5.41, 5.74) is 2.20. The minimum absolute atomic E-state index is 0.0548. The van der Waals surface area contributed by atoms with E-state index in [4.69, 9.17) is 12.2 Å². The molecule has 120 valence electrons. The summed E-state index contributed by atoms with van der Waals surface area (Å²) < 4.78 is 0. The van der Waals surface area contributed by atoms with Crippen LogP contribution in [0.25, 0.3) is 0 Å². The first-order chi connectivity index (χ1) is 11.8. The summed E-state index contributed by atoms with van der Waals surface area (Å²) in [5.74, 6) is 0. The van der Waals surface area contributed by atoms with Crippen LogP contribution in [0.4, 0.5) is 0 Å². The zero-order valence-electron chi connectivity index (χ0n) is 12.9. The molecule has 1 aliphatic rings. The Balaban J connectivity index is 1.71. The Morgan fingerprint density at radius 1 is 1.08 bits per heavy atom. The summed E-state index contributed by atoms with van der Waals surface area (Å²) in [6.07, 6.45) is 5.47. The number of pyridine rings is 2. The van der Waals surface area contributed by atoms with Crippen LogP contribution >= 0.6 is 23.6 Å². The fraction of sp³-hybridized carbons (Fsp3) is 0.167. The normalized spacial score (nSPS) is 20.2. The molecule has 1 aliphatic heterocycles. The highest BCUT2D eigenvalue weighted by atomic mass is 32.1. The predicted molar refractivity (Wildman–Crippen MR) is 99.6 cm³/mol. The second-order valence-corrected chi connectivity index (χ2v) is 6.99. The second-order valence-electron chi connectivity index (χ2n) is 5.63. The molecule has 0 spiro atoms. The van der Waals surface area contributed by atoms with Gasteiger partial charge in [-0.3, -0.25) is 9.97 Å². The highest BCUT2D eigenvalue weighted by molar-refractivity contribution is 7.80. The fourth-order valence-electron chi connectivity index (χ4n) is 3.03. The van der Waals surface area contributed by atoms with Crippen molar-refractivity contribution in [3.8, 4) is 0 Å². The van der Waals surface area contributed by atoms with E-state index in [9.17, 15) is 0 Å². The van der Waals surface area contributed by atoms with Crippen LogP contribution < -0.4 is 5.32 Å². The van der Waals surface area contributed by atoms with Crippen LogP contribution in [-0.4, -0.2) is 20.0 Å². The molecular formula is C18H16N4S2. The van der Waals surface area contributed by atoms with Crippen molar-refractivity contribution in [3.63, 3.8) is 0 Å². The first-order valence-electron chi connectivity index (χ1n) is 7.73. The van der Waals surface area contributed by atoms with Gasteiger partial charge in [-0.15, -0.1) is 11.3 Å². The molecule has 4 nitrogen and oxygen atoms in total. The third kappa shape index (κ3) is 2.90. The lowest BCUT2D eigenvalue weighted by Gasteiger charge is -2.26. The fourth-order valence-corrected chi connectivity index (χ4v) is 4.21. The maximum atomic E-state index is 5.64. The van der Waals surface area contributed by atoms with E-state index in [0.717, 1.165) is 17.4 Å². The SMILES string of the molecule is S=C1N[C@@H](c2ccccn2)[C@H](c2cccs2)N1Cc1ccncc1. The number of thiocarbonyl (C=S) groups is 1. The molecule has 3 aromatic rings. The van der Waals surface area contributed by atoms with Crippen LogP contribution in [0.1, 0.15) is 28.2 Å². The topological polar surface area (TPSA) is 41.1 Å². The van der Waals surface area contributed by atoms with Gasteiger partial charge in [0.15, 0.2) is 5.11 Å². The first-order valence-corrected chi connectivity index (χ1v) is 9.02. The summed E-state index contributed by atoms with van der Waals surface area (Å²) in [6.45, 7) is 0.750. The largest absolute Gasteiger partial charge is 0.352 e. The number of rotatable bonds is 4. The Hall–Kier alpha value is -2.31. The maximum absolute atomic E-state index is 5.64. The van der Waals surface area contributed by atoms with E-state index >= 15 is 0 Å². The lowest BCUT2D eigenvalue weighted by atomic mass is 10.0. The van der Waals surface area contributed by atoms with E-state index < -0.39 is 0 Å². The summed E-state index contributed by atoms with van der Waals surface area (Å²) in [6, 6.07) is 14.5. The van der Waals surface area contributed by atoms with E-state index in [-0.39, 0.29) is 12.1 Å². The van der Waals surface area contributed by atoms with Crippen molar-refractivity contribution in [3.05, 3.63) is 82.6 Å². The van der Waals surface area contributed by atoms with Crippen molar-refractivity contribution in [1.82, 2.24) is 20.2 Å². The highest BCUT2D eigenvalue weighted by Crippen LogP contribution is 2.40. The van der Waals surface area contributed by atoms with Gasteiger partial charge in [-0.25, -0.2) is 0 Å². The number of hydrogen-bond acceptors (Lipinski definition) is 4. The van der Waals surface area contributed by atoms with E-state index in [1.54, 1.807) is 11.3 Å². The lowest BCUT2D eigenvalue weighted by molar-refractivity contribution is 0.315. The minimum Gasteiger partial charge on any atom is -0.352 e. The van der Waals surface area contributed by atoms with Gasteiger partial charge in [-0.05, 0) is 53.5 Å². The quantitative estimate of drug-likeness (QED) is 0.725. The molecule has 0 radical (unpaired) electrons. The molecule has 0 aromatic carbocycles. The molecule has 2 atom stereocenters. The predicted octanol–water partition coefficient (Wildman–Crippen LogP) is 3.71. The zero-order chi connectivity index (χ0) is 16.4. The van der Waals surface area contributed by atoms with Crippen molar-refractivity contribution in [2.24, 2.45) is 0 Å². The molecule has 4 rings (SSSR count). The van der Waals surface area contributed by atoms with Crippen molar-refractivity contribution >= 4 is 28.7 Å². The molecule has 6 heteroatoms. The molecule has 0 unspecified atom stereocenters. The number of nitrogens with zero attached hydrogens (tertiary/aromatic N) is 3. The van der Waals surface area contributed by atoms with Gasteiger partial charge in [0, 0.05) is 30.0 Å². The van der Waals surface area contributed by atoms with Gasteiger partial charge in [-0.2, -0.15) is 0 Å². The Morgan fingerprint density at radius 3 is 2.67 bits per heavy atom. The smallest absolute Gasteiger partial charge is 0.170 e. The molecular weight excluding hydrogens is 336 g/mol. The molecule has 1 saturated heterocycles. The van der Waals surface area contributed by atoms with Crippen molar-refractivity contribution < 1.29 is 0 Å². The number of hydrogen-bond donors (Lipinski definition) is 1. The summed E-state index contributed by atoms with van der Waals surface area (Å²) in [7, 11) is 0.